The molecule has 1 unspecified atom stereocenters. The van der Waals surface area contributed by atoms with E-state index in [9.17, 15) is 13.9 Å². The summed E-state index contributed by atoms with van der Waals surface area (Å²) in [4.78, 5) is 3.83. The van der Waals surface area contributed by atoms with Gasteiger partial charge in [-0.25, -0.2) is 13.8 Å². The maximum Gasteiger partial charge on any atom is 0.168 e. The molecule has 0 bridgehead atoms. The summed E-state index contributed by atoms with van der Waals surface area (Å²) >= 11 is 1.49. The van der Waals surface area contributed by atoms with Crippen molar-refractivity contribution in [1.82, 2.24) is 4.98 Å². The first-order valence-electron chi connectivity index (χ1n) is 5.94. The van der Waals surface area contributed by atoms with E-state index in [-0.39, 0.29) is 18.2 Å². The number of rotatable bonds is 7. The largest absolute Gasteiger partial charge is 0.387 e. The van der Waals surface area contributed by atoms with E-state index < -0.39 is 17.2 Å². The van der Waals surface area contributed by atoms with Gasteiger partial charge in [-0.3, -0.25) is 0 Å². The highest BCUT2D eigenvalue weighted by atomic mass is 32.2. The molecule has 1 aromatic rings. The highest BCUT2D eigenvalue weighted by Crippen LogP contribution is 2.20. The van der Waals surface area contributed by atoms with Crippen molar-refractivity contribution >= 4 is 23.4 Å². The van der Waals surface area contributed by atoms with Gasteiger partial charge in [-0.1, -0.05) is 0 Å². The highest BCUT2D eigenvalue weighted by Gasteiger charge is 2.21. The third-order valence-corrected chi connectivity index (χ3v) is 3.28. The zero-order valence-electron chi connectivity index (χ0n) is 11.3. The highest BCUT2D eigenvalue weighted by molar-refractivity contribution is 7.98. The molecule has 0 aromatic carbocycles. The Morgan fingerprint density at radius 1 is 1.32 bits per heavy atom. The lowest BCUT2D eigenvalue weighted by molar-refractivity contribution is 0.0995. The Hall–Kier alpha value is -1.08. The molecule has 0 spiro atoms. The molecule has 0 saturated carbocycles. The summed E-state index contributed by atoms with van der Waals surface area (Å²) in [5, 5.41) is 15.4. The van der Waals surface area contributed by atoms with E-state index in [1.165, 1.54) is 11.8 Å². The first-order valence-corrected chi connectivity index (χ1v) is 7.34. The number of pyridine rings is 1. The molecule has 0 aliphatic rings. The van der Waals surface area contributed by atoms with Crippen LogP contribution in [0, 0.1) is 11.6 Å². The predicted octanol–water partition coefficient (Wildman–Crippen LogP) is 2.32. The molecule has 0 aliphatic carbocycles. The quantitative estimate of drug-likeness (QED) is 0.720. The minimum absolute atomic E-state index is 0.00379. The Kier molecular flexibility index (Phi) is 5.81. The number of aromatic nitrogens is 1. The number of nitrogens with one attached hydrogen (secondary N) is 2. The number of hydrogen-bond acceptors (Lipinski definition) is 5. The molecule has 0 fully saturated rings. The fraction of sp³-hybridized carbons (Fsp3) is 0.583. The summed E-state index contributed by atoms with van der Waals surface area (Å²) in [5.41, 5.74) is -0.986. The third kappa shape index (κ3) is 4.83. The topological polar surface area (TPSA) is 57.2 Å². The second-order valence-corrected chi connectivity index (χ2v) is 5.33. The Bertz CT molecular complexity index is 430. The molecule has 0 radical (unpaired) electrons. The van der Waals surface area contributed by atoms with Crippen molar-refractivity contribution in [1.29, 1.82) is 0 Å². The molecule has 19 heavy (non-hydrogen) atoms. The van der Waals surface area contributed by atoms with Crippen molar-refractivity contribution in [3.8, 4) is 0 Å². The average molecular weight is 291 g/mol. The number of nitrogens with zero attached hydrogens (tertiary/aromatic N) is 1. The van der Waals surface area contributed by atoms with Gasteiger partial charge in [-0.2, -0.15) is 11.8 Å². The summed E-state index contributed by atoms with van der Waals surface area (Å²) < 4.78 is 26.9. The number of aliphatic hydroxyl groups is 1. The van der Waals surface area contributed by atoms with Crippen LogP contribution < -0.4 is 10.6 Å². The van der Waals surface area contributed by atoms with E-state index in [0.29, 0.717) is 12.3 Å². The number of anilines is 2. The van der Waals surface area contributed by atoms with Gasteiger partial charge in [0.25, 0.3) is 0 Å². The summed E-state index contributed by atoms with van der Waals surface area (Å²) in [6, 6.07) is 0.774. The predicted molar refractivity (Wildman–Crippen MR) is 75.8 cm³/mol. The van der Waals surface area contributed by atoms with E-state index in [2.05, 4.69) is 15.6 Å². The molecule has 0 saturated heterocycles. The van der Waals surface area contributed by atoms with Gasteiger partial charge in [0.15, 0.2) is 23.3 Å². The van der Waals surface area contributed by atoms with Crippen molar-refractivity contribution in [2.75, 3.05) is 35.7 Å². The SMILES string of the molecule is CCNc1nc(NCC(C)(O)CSC)c(F)cc1F. The Morgan fingerprint density at radius 3 is 2.42 bits per heavy atom. The van der Waals surface area contributed by atoms with Crippen LogP contribution in [0.25, 0.3) is 0 Å². The van der Waals surface area contributed by atoms with E-state index in [4.69, 9.17) is 0 Å². The second kappa shape index (κ2) is 6.91. The summed E-state index contributed by atoms with van der Waals surface area (Å²) in [6.45, 7) is 4.05. The fourth-order valence-corrected chi connectivity index (χ4v) is 2.24. The van der Waals surface area contributed by atoms with Crippen LogP contribution in [0.4, 0.5) is 20.4 Å². The zero-order chi connectivity index (χ0) is 14.5. The standard InChI is InChI=1S/C12H19F2N3OS/c1-4-15-10-8(13)5-9(14)11(17-10)16-6-12(2,18)7-19-3/h5,18H,4,6-7H2,1-3H3,(H2,15,16,17). The zero-order valence-corrected chi connectivity index (χ0v) is 12.1. The van der Waals surface area contributed by atoms with Gasteiger partial charge < -0.3 is 15.7 Å². The van der Waals surface area contributed by atoms with Crippen LogP contribution in [0.15, 0.2) is 6.07 Å². The molecule has 7 heteroatoms. The van der Waals surface area contributed by atoms with Crippen molar-refractivity contribution in [2.24, 2.45) is 0 Å². The van der Waals surface area contributed by atoms with Gasteiger partial charge in [0, 0.05) is 24.9 Å². The Labute approximate surface area is 116 Å². The maximum absolute atomic E-state index is 13.6. The van der Waals surface area contributed by atoms with Crippen molar-refractivity contribution in [3.05, 3.63) is 17.7 Å². The van der Waals surface area contributed by atoms with Gasteiger partial charge in [-0.05, 0) is 20.1 Å². The lowest BCUT2D eigenvalue weighted by Crippen LogP contribution is -2.36. The van der Waals surface area contributed by atoms with Crippen LogP contribution in [0.2, 0.25) is 0 Å². The van der Waals surface area contributed by atoms with Gasteiger partial charge in [0.1, 0.15) is 0 Å². The minimum Gasteiger partial charge on any atom is -0.387 e. The summed E-state index contributed by atoms with van der Waals surface area (Å²) in [5.74, 6) is -1.09. The molecule has 0 aliphatic heterocycles. The number of halogens is 2. The van der Waals surface area contributed by atoms with E-state index in [0.717, 1.165) is 6.07 Å². The second-order valence-electron chi connectivity index (χ2n) is 4.46. The number of thioether (sulfide) groups is 1. The van der Waals surface area contributed by atoms with Crippen LogP contribution >= 0.6 is 11.8 Å². The van der Waals surface area contributed by atoms with Gasteiger partial charge in [0.05, 0.1) is 5.60 Å². The van der Waals surface area contributed by atoms with E-state index in [1.54, 1.807) is 13.8 Å². The first kappa shape index (κ1) is 16.0. The van der Waals surface area contributed by atoms with Crippen LogP contribution in [0.5, 0.6) is 0 Å². The van der Waals surface area contributed by atoms with E-state index >= 15 is 0 Å². The van der Waals surface area contributed by atoms with Crippen LogP contribution in [-0.4, -0.2) is 40.8 Å². The van der Waals surface area contributed by atoms with Gasteiger partial charge in [-0.15, -0.1) is 0 Å². The van der Waals surface area contributed by atoms with Crippen LogP contribution in [0.1, 0.15) is 13.8 Å². The minimum atomic E-state index is -0.986. The monoisotopic (exact) mass is 291 g/mol. The molecule has 3 N–H and O–H groups in total. The van der Waals surface area contributed by atoms with Crippen molar-refractivity contribution in [2.45, 2.75) is 19.4 Å². The lowest BCUT2D eigenvalue weighted by atomic mass is 10.1. The van der Waals surface area contributed by atoms with Gasteiger partial charge >= 0.3 is 0 Å². The van der Waals surface area contributed by atoms with Gasteiger partial charge in [0.2, 0.25) is 0 Å². The van der Waals surface area contributed by atoms with Crippen LogP contribution in [0.3, 0.4) is 0 Å². The molecule has 1 atom stereocenters. The molecule has 1 rings (SSSR count). The summed E-state index contributed by atoms with van der Waals surface area (Å²) in [7, 11) is 0. The molecule has 1 heterocycles. The third-order valence-electron chi connectivity index (χ3n) is 2.37. The Balaban J connectivity index is 2.80. The van der Waals surface area contributed by atoms with Crippen LogP contribution in [-0.2, 0) is 0 Å². The van der Waals surface area contributed by atoms with E-state index in [1.807, 2.05) is 6.26 Å². The lowest BCUT2D eigenvalue weighted by Gasteiger charge is -2.23. The molecular weight excluding hydrogens is 272 g/mol. The summed E-state index contributed by atoms with van der Waals surface area (Å²) in [6.07, 6.45) is 1.87. The Morgan fingerprint density at radius 2 is 1.89 bits per heavy atom. The first-order chi connectivity index (χ1) is 8.89. The van der Waals surface area contributed by atoms with Crippen molar-refractivity contribution < 1.29 is 13.9 Å². The average Bonchev–Trinajstić information content (AvgIpc) is 2.31. The fourth-order valence-electron chi connectivity index (χ4n) is 1.52. The smallest absolute Gasteiger partial charge is 0.168 e. The molecule has 108 valence electrons. The normalized spacial score (nSPS) is 14.0. The molecule has 1 aromatic heterocycles. The molecule has 0 amide bonds. The van der Waals surface area contributed by atoms with Crippen molar-refractivity contribution in [3.63, 3.8) is 0 Å². The molecular formula is C12H19F2N3OS. The maximum atomic E-state index is 13.6. The number of hydrogen-bond donors (Lipinski definition) is 3. The molecule has 4 nitrogen and oxygen atoms in total.